The highest BCUT2D eigenvalue weighted by Gasteiger charge is 2.12. The van der Waals surface area contributed by atoms with Crippen LogP contribution in [0.15, 0.2) is 36.6 Å². The Bertz CT molecular complexity index is 323. The van der Waals surface area contributed by atoms with Gasteiger partial charge in [0.15, 0.2) is 0 Å². The van der Waals surface area contributed by atoms with Crippen LogP contribution in [0.5, 0.6) is 0 Å². The molecule has 1 aromatic rings. The fourth-order valence-electron chi connectivity index (χ4n) is 2.47. The molecule has 0 amide bonds. The van der Waals surface area contributed by atoms with E-state index in [-0.39, 0.29) is 0 Å². The Hall–Kier alpha value is -1.24. The van der Waals surface area contributed by atoms with Crippen LogP contribution in [0.4, 0.5) is 0 Å². The molecular weight excluding hydrogens is 208 g/mol. The second-order valence-corrected chi connectivity index (χ2v) is 4.88. The summed E-state index contributed by atoms with van der Waals surface area (Å²) in [5.41, 5.74) is 1.20. The van der Waals surface area contributed by atoms with Crippen LogP contribution in [0.25, 0.3) is 6.08 Å². The Morgan fingerprint density at radius 2 is 1.82 bits per heavy atom. The summed E-state index contributed by atoms with van der Waals surface area (Å²) in [6.45, 7) is 0.869. The van der Waals surface area contributed by atoms with Crippen molar-refractivity contribution >= 4 is 6.08 Å². The largest absolute Gasteiger partial charge is 0.501 e. The lowest BCUT2D eigenvalue weighted by Crippen LogP contribution is -2.08. The molecule has 0 aliphatic heterocycles. The third kappa shape index (κ3) is 4.64. The molecule has 92 valence electrons. The van der Waals surface area contributed by atoms with E-state index in [0.29, 0.717) is 0 Å². The van der Waals surface area contributed by atoms with Gasteiger partial charge in [0.25, 0.3) is 0 Å². The molecule has 1 fully saturated rings. The summed E-state index contributed by atoms with van der Waals surface area (Å²) in [7, 11) is 0. The van der Waals surface area contributed by atoms with E-state index in [1.165, 1.54) is 44.1 Å². The molecule has 0 heterocycles. The first-order valence-corrected chi connectivity index (χ1v) is 6.78. The normalized spacial score (nSPS) is 17.4. The van der Waals surface area contributed by atoms with Crippen molar-refractivity contribution in [2.45, 2.75) is 38.5 Å². The molecule has 0 spiro atoms. The van der Waals surface area contributed by atoms with E-state index in [9.17, 15) is 0 Å². The molecule has 1 aliphatic rings. The Morgan fingerprint density at radius 3 is 2.59 bits per heavy atom. The minimum absolute atomic E-state index is 0.869. The molecule has 0 bridgehead atoms. The van der Waals surface area contributed by atoms with Gasteiger partial charge >= 0.3 is 0 Å². The molecule has 1 saturated carbocycles. The highest BCUT2D eigenvalue weighted by molar-refractivity contribution is 5.47. The van der Waals surface area contributed by atoms with Crippen LogP contribution in [0.1, 0.15) is 44.1 Å². The Labute approximate surface area is 104 Å². The smallest absolute Gasteiger partial charge is 0.0876 e. The molecule has 0 N–H and O–H groups in total. The van der Waals surface area contributed by atoms with Gasteiger partial charge in [0, 0.05) is 0 Å². The topological polar surface area (TPSA) is 9.23 Å². The number of rotatable bonds is 5. The number of ether oxygens (including phenoxy) is 1. The lowest BCUT2D eigenvalue weighted by Gasteiger charge is -2.20. The average molecular weight is 230 g/mol. The van der Waals surface area contributed by atoms with Crippen LogP contribution in [0.2, 0.25) is 0 Å². The van der Waals surface area contributed by atoms with Gasteiger partial charge in [0.1, 0.15) is 0 Å². The van der Waals surface area contributed by atoms with Crippen LogP contribution >= 0.6 is 0 Å². The summed E-state index contributed by atoms with van der Waals surface area (Å²) in [6.07, 6.45) is 12.2. The molecule has 1 heteroatoms. The first-order chi connectivity index (χ1) is 8.45. The van der Waals surface area contributed by atoms with Crippen molar-refractivity contribution in [1.29, 1.82) is 0 Å². The van der Waals surface area contributed by atoms with Crippen LogP contribution in [0, 0.1) is 5.92 Å². The van der Waals surface area contributed by atoms with Gasteiger partial charge in [-0.1, -0.05) is 62.4 Å². The average Bonchev–Trinajstić information content (AvgIpc) is 2.41. The predicted octanol–water partition coefficient (Wildman–Crippen LogP) is 4.64. The maximum absolute atomic E-state index is 5.56. The maximum Gasteiger partial charge on any atom is 0.0876 e. The highest BCUT2D eigenvalue weighted by Crippen LogP contribution is 2.26. The second kappa shape index (κ2) is 7.16. The maximum atomic E-state index is 5.56. The predicted molar refractivity (Wildman–Crippen MR) is 72.6 cm³/mol. The highest BCUT2D eigenvalue weighted by atomic mass is 16.5. The molecule has 1 nitrogen and oxygen atoms in total. The zero-order valence-corrected chi connectivity index (χ0v) is 10.5. The van der Waals surface area contributed by atoms with Crippen LogP contribution in [0.3, 0.4) is 0 Å². The molecule has 0 saturated heterocycles. The number of benzene rings is 1. The van der Waals surface area contributed by atoms with E-state index in [2.05, 4.69) is 12.1 Å². The van der Waals surface area contributed by atoms with E-state index in [0.717, 1.165) is 12.5 Å². The fourth-order valence-corrected chi connectivity index (χ4v) is 2.47. The summed E-state index contributed by atoms with van der Waals surface area (Å²) in [6, 6.07) is 10.3. The van der Waals surface area contributed by atoms with Crippen molar-refractivity contribution in [2.75, 3.05) is 6.61 Å². The SMILES string of the molecule is C(=Cc1ccccc1)OCCC1CCCCC1. The van der Waals surface area contributed by atoms with Gasteiger partial charge in [0.05, 0.1) is 12.9 Å². The first kappa shape index (κ1) is 12.2. The number of hydrogen-bond donors (Lipinski definition) is 0. The van der Waals surface area contributed by atoms with Gasteiger partial charge < -0.3 is 4.74 Å². The molecule has 0 atom stereocenters. The Morgan fingerprint density at radius 1 is 1.06 bits per heavy atom. The van der Waals surface area contributed by atoms with Crippen molar-refractivity contribution in [1.82, 2.24) is 0 Å². The van der Waals surface area contributed by atoms with Gasteiger partial charge in [-0.25, -0.2) is 0 Å². The third-order valence-corrected chi connectivity index (χ3v) is 3.52. The standard InChI is InChI=1S/C16H22O/c1-3-7-15(8-4-1)11-13-17-14-12-16-9-5-2-6-10-16/h1,3-4,7-8,11,13,16H,2,5-6,9-10,12,14H2. The summed E-state index contributed by atoms with van der Waals surface area (Å²) in [4.78, 5) is 0. The fraction of sp³-hybridized carbons (Fsp3) is 0.500. The number of hydrogen-bond acceptors (Lipinski definition) is 1. The van der Waals surface area contributed by atoms with Gasteiger partial charge in [-0.3, -0.25) is 0 Å². The molecule has 0 radical (unpaired) electrons. The van der Waals surface area contributed by atoms with Crippen LogP contribution in [-0.2, 0) is 4.74 Å². The minimum Gasteiger partial charge on any atom is -0.501 e. The van der Waals surface area contributed by atoms with E-state index in [1.54, 1.807) is 0 Å². The summed E-state index contributed by atoms with van der Waals surface area (Å²) in [5, 5.41) is 0. The summed E-state index contributed by atoms with van der Waals surface area (Å²) >= 11 is 0. The van der Waals surface area contributed by atoms with Crippen LogP contribution in [-0.4, -0.2) is 6.61 Å². The quantitative estimate of drug-likeness (QED) is 0.528. The third-order valence-electron chi connectivity index (χ3n) is 3.52. The monoisotopic (exact) mass is 230 g/mol. The van der Waals surface area contributed by atoms with Crippen molar-refractivity contribution < 1.29 is 4.74 Å². The lowest BCUT2D eigenvalue weighted by molar-refractivity contribution is 0.205. The zero-order valence-electron chi connectivity index (χ0n) is 10.5. The van der Waals surface area contributed by atoms with E-state index < -0.39 is 0 Å². The lowest BCUT2D eigenvalue weighted by atomic mass is 9.87. The van der Waals surface area contributed by atoms with Gasteiger partial charge in [0.2, 0.25) is 0 Å². The minimum atomic E-state index is 0.869. The van der Waals surface area contributed by atoms with Gasteiger partial charge in [-0.05, 0) is 24.0 Å². The van der Waals surface area contributed by atoms with Crippen molar-refractivity contribution in [2.24, 2.45) is 5.92 Å². The van der Waals surface area contributed by atoms with Gasteiger partial charge in [-0.15, -0.1) is 0 Å². The molecule has 0 aromatic heterocycles. The van der Waals surface area contributed by atoms with Crippen LogP contribution < -0.4 is 0 Å². The molecule has 0 unspecified atom stereocenters. The Balaban J connectivity index is 1.61. The van der Waals surface area contributed by atoms with E-state index in [1.807, 2.05) is 30.5 Å². The van der Waals surface area contributed by atoms with Crippen molar-refractivity contribution in [3.05, 3.63) is 42.2 Å². The Kier molecular flexibility index (Phi) is 5.15. The molecular formula is C16H22O. The van der Waals surface area contributed by atoms with E-state index >= 15 is 0 Å². The second-order valence-electron chi connectivity index (χ2n) is 4.88. The van der Waals surface area contributed by atoms with Crippen molar-refractivity contribution in [3.63, 3.8) is 0 Å². The molecule has 1 aromatic carbocycles. The summed E-state index contributed by atoms with van der Waals surface area (Å²) in [5.74, 6) is 0.911. The molecule has 2 rings (SSSR count). The zero-order chi connectivity index (χ0) is 11.8. The van der Waals surface area contributed by atoms with E-state index in [4.69, 9.17) is 4.74 Å². The van der Waals surface area contributed by atoms with Crippen molar-refractivity contribution in [3.8, 4) is 0 Å². The van der Waals surface area contributed by atoms with Gasteiger partial charge in [-0.2, -0.15) is 0 Å². The molecule has 17 heavy (non-hydrogen) atoms. The summed E-state index contributed by atoms with van der Waals surface area (Å²) < 4.78 is 5.56. The first-order valence-electron chi connectivity index (χ1n) is 6.78. The molecule has 1 aliphatic carbocycles.